The number of halogens is 4. The fraction of sp³-hybridized carbons (Fsp3) is 0.188. The summed E-state index contributed by atoms with van der Waals surface area (Å²) in [6.07, 6.45) is -1.20. The number of aliphatic hydroxyl groups is 2. The molecule has 1 amide bonds. The highest BCUT2D eigenvalue weighted by molar-refractivity contribution is 14.1. The SMILES string of the molecule is O=C(NC[C@@H](O)CO)c1ccc(F)c(F)c1Nc1ccc(I)cc1F. The lowest BCUT2D eigenvalue weighted by Gasteiger charge is -2.15. The molecule has 134 valence electrons. The standard InChI is InChI=1S/C16H14F3IN2O3/c17-11-3-2-10(16(25)21-6-9(24)7-23)15(14(11)19)22-13-4-1-8(20)5-12(13)18/h1-5,9,22-24H,6-7H2,(H,21,25)/t9-/m1/s1. The molecule has 25 heavy (non-hydrogen) atoms. The maximum Gasteiger partial charge on any atom is 0.253 e. The van der Waals surface area contributed by atoms with Crippen LogP contribution in [0.15, 0.2) is 30.3 Å². The fourth-order valence-electron chi connectivity index (χ4n) is 1.96. The van der Waals surface area contributed by atoms with Crippen molar-refractivity contribution in [3.8, 4) is 0 Å². The van der Waals surface area contributed by atoms with Crippen molar-refractivity contribution in [1.82, 2.24) is 5.32 Å². The molecule has 2 aromatic carbocycles. The Hall–Kier alpha value is -1.85. The molecule has 0 heterocycles. The average molecular weight is 466 g/mol. The zero-order valence-electron chi connectivity index (χ0n) is 12.7. The van der Waals surface area contributed by atoms with E-state index in [4.69, 9.17) is 5.11 Å². The maximum absolute atomic E-state index is 14.2. The van der Waals surface area contributed by atoms with Gasteiger partial charge in [-0.25, -0.2) is 13.2 Å². The highest BCUT2D eigenvalue weighted by Crippen LogP contribution is 2.28. The van der Waals surface area contributed by atoms with Crippen LogP contribution in [0.2, 0.25) is 0 Å². The van der Waals surface area contributed by atoms with Gasteiger partial charge in [0.05, 0.1) is 29.6 Å². The monoisotopic (exact) mass is 466 g/mol. The topological polar surface area (TPSA) is 81.6 Å². The van der Waals surface area contributed by atoms with Gasteiger partial charge in [0.15, 0.2) is 11.6 Å². The zero-order valence-corrected chi connectivity index (χ0v) is 14.9. The number of hydrogen-bond acceptors (Lipinski definition) is 4. The van der Waals surface area contributed by atoms with Gasteiger partial charge in [-0.3, -0.25) is 4.79 Å². The first-order valence-corrected chi connectivity index (χ1v) is 8.18. The second-order valence-electron chi connectivity index (χ2n) is 5.08. The van der Waals surface area contributed by atoms with Crippen LogP contribution in [0.3, 0.4) is 0 Å². The van der Waals surface area contributed by atoms with Crippen LogP contribution >= 0.6 is 22.6 Å². The molecule has 0 fully saturated rings. The van der Waals surface area contributed by atoms with Crippen LogP contribution in [-0.2, 0) is 0 Å². The molecule has 0 aliphatic rings. The summed E-state index contributed by atoms with van der Waals surface area (Å²) < 4.78 is 42.3. The van der Waals surface area contributed by atoms with Crippen LogP contribution in [0.25, 0.3) is 0 Å². The van der Waals surface area contributed by atoms with Crippen LogP contribution in [0.1, 0.15) is 10.4 Å². The smallest absolute Gasteiger partial charge is 0.253 e. The van der Waals surface area contributed by atoms with Gasteiger partial charge in [-0.2, -0.15) is 0 Å². The first-order chi connectivity index (χ1) is 11.8. The normalized spacial score (nSPS) is 11.9. The van der Waals surface area contributed by atoms with Gasteiger partial charge in [0.25, 0.3) is 5.91 Å². The van der Waals surface area contributed by atoms with Crippen molar-refractivity contribution in [2.45, 2.75) is 6.10 Å². The van der Waals surface area contributed by atoms with Gasteiger partial charge in [0, 0.05) is 10.1 Å². The minimum Gasteiger partial charge on any atom is -0.394 e. The third-order valence-corrected chi connectivity index (χ3v) is 3.91. The summed E-state index contributed by atoms with van der Waals surface area (Å²) in [6, 6.07) is 5.88. The lowest BCUT2D eigenvalue weighted by molar-refractivity contribution is 0.0802. The van der Waals surface area contributed by atoms with Crippen molar-refractivity contribution in [1.29, 1.82) is 0 Å². The summed E-state index contributed by atoms with van der Waals surface area (Å²) in [5.74, 6) is -4.06. The predicted molar refractivity (Wildman–Crippen MR) is 94.2 cm³/mol. The number of nitrogens with one attached hydrogen (secondary N) is 2. The van der Waals surface area contributed by atoms with E-state index in [1.54, 1.807) is 6.07 Å². The zero-order chi connectivity index (χ0) is 18.6. The van der Waals surface area contributed by atoms with E-state index in [1.807, 2.05) is 22.6 Å². The average Bonchev–Trinajstić information content (AvgIpc) is 2.58. The Balaban J connectivity index is 2.35. The summed E-state index contributed by atoms with van der Waals surface area (Å²) in [5.41, 5.74) is -0.938. The van der Waals surface area contributed by atoms with Crippen molar-refractivity contribution < 1.29 is 28.2 Å². The molecule has 0 aliphatic heterocycles. The molecule has 9 heteroatoms. The molecule has 2 rings (SSSR count). The van der Waals surface area contributed by atoms with Crippen LogP contribution in [0.4, 0.5) is 24.5 Å². The van der Waals surface area contributed by atoms with Crippen molar-refractivity contribution in [3.05, 3.63) is 56.9 Å². The molecule has 0 spiro atoms. The van der Waals surface area contributed by atoms with E-state index >= 15 is 0 Å². The highest BCUT2D eigenvalue weighted by atomic mass is 127. The lowest BCUT2D eigenvalue weighted by atomic mass is 10.1. The number of anilines is 2. The number of aliphatic hydroxyl groups excluding tert-OH is 2. The molecule has 0 bridgehead atoms. The van der Waals surface area contributed by atoms with Crippen LogP contribution in [-0.4, -0.2) is 35.4 Å². The molecule has 0 aromatic heterocycles. The predicted octanol–water partition coefficient (Wildman–Crippen LogP) is 2.54. The molecule has 4 N–H and O–H groups in total. The number of carbonyl (C=O) groups is 1. The van der Waals surface area contributed by atoms with Crippen molar-refractivity contribution in [2.24, 2.45) is 0 Å². The second-order valence-corrected chi connectivity index (χ2v) is 6.33. The summed E-state index contributed by atoms with van der Waals surface area (Å²) in [6.45, 7) is -0.858. The molecular weight excluding hydrogens is 452 g/mol. The minimum atomic E-state index is -1.34. The molecule has 1 atom stereocenters. The summed E-state index contributed by atoms with van der Waals surface area (Å²) in [5, 5.41) is 22.7. The third-order valence-electron chi connectivity index (χ3n) is 3.24. The number of benzene rings is 2. The first-order valence-electron chi connectivity index (χ1n) is 7.10. The van der Waals surface area contributed by atoms with Gasteiger partial charge in [-0.1, -0.05) is 0 Å². The van der Waals surface area contributed by atoms with E-state index in [1.165, 1.54) is 12.1 Å². The van der Waals surface area contributed by atoms with Crippen molar-refractivity contribution >= 4 is 39.9 Å². The third kappa shape index (κ3) is 4.83. The van der Waals surface area contributed by atoms with Crippen molar-refractivity contribution in [3.63, 3.8) is 0 Å². The quantitative estimate of drug-likeness (QED) is 0.494. The Bertz CT molecular complexity index is 789. The van der Waals surface area contributed by atoms with Crippen LogP contribution < -0.4 is 10.6 Å². The summed E-state index contributed by atoms with van der Waals surface area (Å²) in [4.78, 5) is 12.2. The first kappa shape index (κ1) is 19.5. The number of hydrogen-bond donors (Lipinski definition) is 4. The molecule has 2 aromatic rings. The number of amides is 1. The van der Waals surface area contributed by atoms with Gasteiger partial charge >= 0.3 is 0 Å². The maximum atomic E-state index is 14.2. The van der Waals surface area contributed by atoms with E-state index in [-0.39, 0.29) is 17.8 Å². The van der Waals surface area contributed by atoms with Crippen molar-refractivity contribution in [2.75, 3.05) is 18.5 Å². The Labute approximate surface area is 155 Å². The molecule has 0 unspecified atom stereocenters. The Morgan fingerprint density at radius 1 is 1.16 bits per heavy atom. The van der Waals surface area contributed by atoms with E-state index in [0.717, 1.165) is 12.1 Å². The largest absolute Gasteiger partial charge is 0.394 e. The number of rotatable bonds is 6. The lowest BCUT2D eigenvalue weighted by Crippen LogP contribution is -2.34. The highest BCUT2D eigenvalue weighted by Gasteiger charge is 2.20. The Morgan fingerprint density at radius 2 is 1.88 bits per heavy atom. The second kappa shape index (κ2) is 8.50. The van der Waals surface area contributed by atoms with Crippen LogP contribution in [0, 0.1) is 21.0 Å². The van der Waals surface area contributed by atoms with Crippen LogP contribution in [0.5, 0.6) is 0 Å². The van der Waals surface area contributed by atoms with Gasteiger partial charge in [-0.05, 0) is 52.9 Å². The van der Waals surface area contributed by atoms with Gasteiger partial charge in [-0.15, -0.1) is 0 Å². The Morgan fingerprint density at radius 3 is 2.52 bits per heavy atom. The number of carbonyl (C=O) groups excluding carboxylic acids is 1. The van der Waals surface area contributed by atoms with Gasteiger partial charge in [0.1, 0.15) is 5.82 Å². The molecular formula is C16H14F3IN2O3. The van der Waals surface area contributed by atoms with E-state index in [0.29, 0.717) is 3.57 Å². The molecule has 0 radical (unpaired) electrons. The summed E-state index contributed by atoms with van der Waals surface area (Å²) in [7, 11) is 0. The fourth-order valence-corrected chi connectivity index (χ4v) is 2.41. The minimum absolute atomic E-state index is 0.130. The molecule has 0 saturated heterocycles. The molecule has 5 nitrogen and oxygen atoms in total. The van der Waals surface area contributed by atoms with E-state index < -0.39 is 41.8 Å². The van der Waals surface area contributed by atoms with E-state index in [2.05, 4.69) is 10.6 Å². The Kier molecular flexibility index (Phi) is 6.62. The molecule has 0 aliphatic carbocycles. The van der Waals surface area contributed by atoms with Gasteiger partial charge < -0.3 is 20.8 Å². The van der Waals surface area contributed by atoms with E-state index in [9.17, 15) is 23.1 Å². The van der Waals surface area contributed by atoms with Gasteiger partial charge in [0.2, 0.25) is 0 Å². The molecule has 0 saturated carbocycles. The summed E-state index contributed by atoms with van der Waals surface area (Å²) >= 11 is 1.89.